The van der Waals surface area contributed by atoms with E-state index in [0.717, 1.165) is 24.4 Å². The molecule has 7 nitrogen and oxygen atoms in total. The van der Waals surface area contributed by atoms with Gasteiger partial charge in [0.1, 0.15) is 5.82 Å². The molecule has 1 aromatic heterocycles. The quantitative estimate of drug-likeness (QED) is 0.818. The standard InChI is InChI=1S/C20H33N5O2/c1-13-17(20(2,3)4)25(19(26)27)11-10-24(13)16-12-15(22-18(21)23-16)14-8-6-5-7-9-14/h12-14,17H,5-11H2,1-4H3,(H,26,27)(H2,21,22,23)/t13-,17?/m0/s1. The number of nitrogen functional groups attached to an aromatic ring is 1. The Balaban J connectivity index is 1.91. The minimum absolute atomic E-state index is 0.00311. The third-order valence-corrected chi connectivity index (χ3v) is 6.07. The number of amides is 1. The molecule has 1 amide bonds. The second kappa shape index (κ2) is 7.52. The highest BCUT2D eigenvalue weighted by atomic mass is 16.4. The summed E-state index contributed by atoms with van der Waals surface area (Å²) in [5.41, 5.74) is 6.92. The SMILES string of the molecule is C[C@H]1C(C(C)(C)C)N(C(=O)O)CCN1c1cc(C2CCCCC2)nc(N)n1. The van der Waals surface area contributed by atoms with Crippen molar-refractivity contribution in [1.29, 1.82) is 0 Å². The average molecular weight is 376 g/mol. The molecule has 1 unspecified atom stereocenters. The first-order valence-electron chi connectivity index (χ1n) is 10.1. The predicted molar refractivity (Wildman–Crippen MR) is 107 cm³/mol. The van der Waals surface area contributed by atoms with Crippen molar-refractivity contribution in [3.05, 3.63) is 11.8 Å². The van der Waals surface area contributed by atoms with E-state index in [4.69, 9.17) is 5.73 Å². The van der Waals surface area contributed by atoms with E-state index >= 15 is 0 Å². The van der Waals surface area contributed by atoms with Gasteiger partial charge in [0.05, 0.1) is 11.7 Å². The number of piperazine rings is 1. The molecule has 1 aliphatic carbocycles. The zero-order chi connectivity index (χ0) is 19.8. The van der Waals surface area contributed by atoms with E-state index < -0.39 is 6.09 Å². The molecule has 7 heteroatoms. The Kier molecular flexibility index (Phi) is 5.49. The minimum atomic E-state index is -0.855. The summed E-state index contributed by atoms with van der Waals surface area (Å²) in [6.45, 7) is 9.44. The number of hydrogen-bond acceptors (Lipinski definition) is 5. The first-order chi connectivity index (χ1) is 12.7. The molecule has 1 aliphatic heterocycles. The van der Waals surface area contributed by atoms with Gasteiger partial charge in [0.15, 0.2) is 0 Å². The van der Waals surface area contributed by atoms with E-state index in [-0.39, 0.29) is 17.5 Å². The fourth-order valence-electron chi connectivity index (χ4n) is 4.94. The van der Waals surface area contributed by atoms with Gasteiger partial charge in [0.2, 0.25) is 5.95 Å². The molecule has 0 radical (unpaired) electrons. The summed E-state index contributed by atoms with van der Waals surface area (Å²) < 4.78 is 0. The molecule has 0 bridgehead atoms. The van der Waals surface area contributed by atoms with Gasteiger partial charge in [0.25, 0.3) is 0 Å². The Labute approximate surface area is 162 Å². The molecule has 2 heterocycles. The maximum absolute atomic E-state index is 11.8. The maximum Gasteiger partial charge on any atom is 0.407 e. The first-order valence-corrected chi connectivity index (χ1v) is 10.1. The monoisotopic (exact) mass is 375 g/mol. The Hall–Kier alpha value is -2.05. The largest absolute Gasteiger partial charge is 0.465 e. The molecule has 27 heavy (non-hydrogen) atoms. The van der Waals surface area contributed by atoms with Gasteiger partial charge in [0, 0.05) is 31.1 Å². The van der Waals surface area contributed by atoms with E-state index in [9.17, 15) is 9.90 Å². The van der Waals surface area contributed by atoms with E-state index in [1.54, 1.807) is 4.90 Å². The van der Waals surface area contributed by atoms with Gasteiger partial charge in [-0.2, -0.15) is 4.98 Å². The number of rotatable bonds is 2. The maximum atomic E-state index is 11.8. The van der Waals surface area contributed by atoms with Crippen LogP contribution in [0.2, 0.25) is 0 Å². The zero-order valence-corrected chi connectivity index (χ0v) is 17.0. The molecule has 1 saturated heterocycles. The Morgan fingerprint density at radius 2 is 1.85 bits per heavy atom. The van der Waals surface area contributed by atoms with Crippen LogP contribution in [-0.4, -0.2) is 51.2 Å². The molecular weight excluding hydrogens is 342 g/mol. The van der Waals surface area contributed by atoms with Crippen molar-refractivity contribution in [2.45, 2.75) is 77.8 Å². The number of nitrogens with two attached hydrogens (primary N) is 1. The highest BCUT2D eigenvalue weighted by Gasteiger charge is 2.43. The summed E-state index contributed by atoms with van der Waals surface area (Å²) in [6, 6.07) is 1.96. The van der Waals surface area contributed by atoms with E-state index in [1.165, 1.54) is 19.3 Å². The fourth-order valence-corrected chi connectivity index (χ4v) is 4.94. The number of nitrogens with zero attached hydrogens (tertiary/aromatic N) is 4. The van der Waals surface area contributed by atoms with Crippen LogP contribution in [-0.2, 0) is 0 Å². The molecular formula is C20H33N5O2. The van der Waals surface area contributed by atoms with Gasteiger partial charge in [-0.3, -0.25) is 0 Å². The molecule has 1 aromatic rings. The van der Waals surface area contributed by atoms with E-state index in [0.29, 0.717) is 25.0 Å². The Bertz CT molecular complexity index is 681. The van der Waals surface area contributed by atoms with Crippen molar-refractivity contribution < 1.29 is 9.90 Å². The lowest BCUT2D eigenvalue weighted by atomic mass is 9.80. The van der Waals surface area contributed by atoms with Crippen LogP contribution in [0.3, 0.4) is 0 Å². The van der Waals surface area contributed by atoms with Crippen LogP contribution in [0.15, 0.2) is 6.07 Å². The third-order valence-electron chi connectivity index (χ3n) is 6.07. The van der Waals surface area contributed by atoms with Gasteiger partial charge in [-0.05, 0) is 25.2 Å². The second-order valence-corrected chi connectivity index (χ2v) is 9.06. The van der Waals surface area contributed by atoms with E-state index in [1.807, 2.05) is 0 Å². The van der Waals surface area contributed by atoms with Gasteiger partial charge in [-0.25, -0.2) is 9.78 Å². The lowest BCUT2D eigenvalue weighted by Gasteiger charge is -2.50. The highest BCUT2D eigenvalue weighted by Crippen LogP contribution is 2.36. The van der Waals surface area contributed by atoms with Gasteiger partial charge >= 0.3 is 6.09 Å². The Morgan fingerprint density at radius 3 is 2.44 bits per heavy atom. The van der Waals surface area contributed by atoms with Crippen molar-refractivity contribution in [3.8, 4) is 0 Å². The minimum Gasteiger partial charge on any atom is -0.465 e. The van der Waals surface area contributed by atoms with Crippen molar-refractivity contribution in [2.75, 3.05) is 23.7 Å². The normalized spacial score (nSPS) is 24.9. The van der Waals surface area contributed by atoms with Crippen LogP contribution in [0, 0.1) is 5.41 Å². The average Bonchev–Trinajstić information content (AvgIpc) is 2.60. The van der Waals surface area contributed by atoms with Crippen LogP contribution in [0.1, 0.15) is 71.4 Å². The summed E-state index contributed by atoms with van der Waals surface area (Å²) in [5.74, 6) is 1.60. The van der Waals surface area contributed by atoms with Crippen molar-refractivity contribution in [1.82, 2.24) is 14.9 Å². The fraction of sp³-hybridized carbons (Fsp3) is 0.750. The number of hydrogen-bond donors (Lipinski definition) is 2. The lowest BCUT2D eigenvalue weighted by Crippen LogP contribution is -2.64. The third kappa shape index (κ3) is 4.12. The van der Waals surface area contributed by atoms with Crippen LogP contribution >= 0.6 is 0 Å². The topological polar surface area (TPSA) is 95.6 Å². The molecule has 2 fully saturated rings. The van der Waals surface area contributed by atoms with Gasteiger partial charge in [-0.1, -0.05) is 40.0 Å². The number of carboxylic acid groups (broad SMARTS) is 1. The second-order valence-electron chi connectivity index (χ2n) is 9.06. The van der Waals surface area contributed by atoms with Crippen molar-refractivity contribution in [2.24, 2.45) is 5.41 Å². The Morgan fingerprint density at radius 1 is 1.19 bits per heavy atom. The van der Waals surface area contributed by atoms with Crippen molar-refractivity contribution in [3.63, 3.8) is 0 Å². The molecule has 2 aliphatic rings. The summed E-state index contributed by atoms with van der Waals surface area (Å²) in [7, 11) is 0. The van der Waals surface area contributed by atoms with Gasteiger partial charge in [-0.15, -0.1) is 0 Å². The molecule has 0 aromatic carbocycles. The molecule has 0 spiro atoms. The van der Waals surface area contributed by atoms with Crippen molar-refractivity contribution >= 4 is 17.9 Å². The van der Waals surface area contributed by atoms with Crippen LogP contribution in [0.5, 0.6) is 0 Å². The highest BCUT2D eigenvalue weighted by molar-refractivity contribution is 5.66. The smallest absolute Gasteiger partial charge is 0.407 e. The zero-order valence-electron chi connectivity index (χ0n) is 17.0. The molecule has 3 rings (SSSR count). The van der Waals surface area contributed by atoms with E-state index in [2.05, 4.69) is 48.6 Å². The number of anilines is 2. The molecule has 1 saturated carbocycles. The molecule has 3 N–H and O–H groups in total. The number of aromatic nitrogens is 2. The summed E-state index contributed by atoms with van der Waals surface area (Å²) in [4.78, 5) is 24.6. The predicted octanol–water partition coefficient (Wildman–Crippen LogP) is 3.71. The molecule has 150 valence electrons. The summed E-state index contributed by atoms with van der Waals surface area (Å²) in [5, 5.41) is 9.67. The number of carbonyl (C=O) groups is 1. The van der Waals surface area contributed by atoms with Crippen LogP contribution < -0.4 is 10.6 Å². The van der Waals surface area contributed by atoms with Crippen LogP contribution in [0.4, 0.5) is 16.6 Å². The van der Waals surface area contributed by atoms with Crippen LogP contribution in [0.25, 0.3) is 0 Å². The first kappa shape index (κ1) is 19.7. The van der Waals surface area contributed by atoms with Gasteiger partial charge < -0.3 is 20.6 Å². The molecule has 2 atom stereocenters. The summed E-state index contributed by atoms with van der Waals surface area (Å²) >= 11 is 0. The summed E-state index contributed by atoms with van der Waals surface area (Å²) in [6.07, 6.45) is 5.23. The lowest BCUT2D eigenvalue weighted by molar-refractivity contribution is 0.0561.